The molecule has 0 saturated heterocycles. The number of nitrogens with one attached hydrogen (secondary N) is 4. The Morgan fingerprint density at radius 3 is 2.61 bits per heavy atom. The summed E-state index contributed by atoms with van der Waals surface area (Å²) in [5, 5.41) is 11.1. The molecule has 10 nitrogen and oxygen atoms in total. The highest BCUT2D eigenvalue weighted by Crippen LogP contribution is 2.13. The van der Waals surface area contributed by atoms with Crippen LogP contribution in [0.2, 0.25) is 0 Å². The molecular weight excluding hydrogens is 444 g/mol. The van der Waals surface area contributed by atoms with Gasteiger partial charge in [0.05, 0.1) is 11.6 Å². The highest BCUT2D eigenvalue weighted by molar-refractivity contribution is 7.99. The van der Waals surface area contributed by atoms with Crippen LogP contribution in [0.3, 0.4) is 0 Å². The third-order valence-electron chi connectivity index (χ3n) is 5.04. The van der Waals surface area contributed by atoms with Gasteiger partial charge in [0.15, 0.2) is 0 Å². The first-order valence-electron chi connectivity index (χ1n) is 10.9. The first-order chi connectivity index (χ1) is 15.7. The van der Waals surface area contributed by atoms with Crippen molar-refractivity contribution in [3.63, 3.8) is 0 Å². The van der Waals surface area contributed by atoms with Crippen molar-refractivity contribution < 1.29 is 19.2 Å². The standard InChI is InChI=1S/C22H32N6O4S/c1-13(2)19(28-20(30)15(4)16-11-23-7-8-24-16)22(32)27-17-12-33-10-9-25-18(29)6-5-14(3)26-21(17)31/h5-8,11,13-15,17,19H,9-10,12H2,1-4H3,(H,25,29)(H,26,31)(H,27,32)(H,28,30)/b6-5+/t14-,15-,17-,19-/m0/s1. The van der Waals surface area contributed by atoms with E-state index in [9.17, 15) is 19.2 Å². The smallest absolute Gasteiger partial charge is 0.243 e. The lowest BCUT2D eigenvalue weighted by Gasteiger charge is -2.26. The van der Waals surface area contributed by atoms with Crippen LogP contribution in [-0.2, 0) is 19.2 Å². The van der Waals surface area contributed by atoms with Gasteiger partial charge in [-0.2, -0.15) is 11.8 Å². The molecule has 0 saturated carbocycles. The number of hydrogen-bond donors (Lipinski definition) is 4. The molecule has 2 heterocycles. The largest absolute Gasteiger partial charge is 0.352 e. The van der Waals surface area contributed by atoms with E-state index in [0.29, 0.717) is 23.7 Å². The zero-order valence-corrected chi connectivity index (χ0v) is 20.1. The van der Waals surface area contributed by atoms with E-state index in [1.807, 2.05) is 13.8 Å². The van der Waals surface area contributed by atoms with Crippen molar-refractivity contribution >= 4 is 35.4 Å². The minimum absolute atomic E-state index is 0.206. The van der Waals surface area contributed by atoms with E-state index < -0.39 is 23.9 Å². The van der Waals surface area contributed by atoms with E-state index >= 15 is 0 Å². The Labute approximate surface area is 198 Å². The molecular formula is C22H32N6O4S. The molecule has 1 aromatic rings. The molecule has 1 aromatic heterocycles. The number of rotatable bonds is 6. The summed E-state index contributed by atoms with van der Waals surface area (Å²) in [7, 11) is 0. The third-order valence-corrected chi connectivity index (χ3v) is 6.10. The SMILES string of the molecule is CC(C)[C@H](NC(=O)[C@@H](C)c1cnccn1)C(=O)N[C@H]1CSCCNC(=O)/C=C/[C@H](C)NC1=O. The van der Waals surface area contributed by atoms with Crippen LogP contribution in [0.1, 0.15) is 39.3 Å². The first kappa shape index (κ1) is 26.3. The van der Waals surface area contributed by atoms with Crippen LogP contribution < -0.4 is 21.3 Å². The van der Waals surface area contributed by atoms with Gasteiger partial charge in [-0.25, -0.2) is 0 Å². The second-order valence-corrected chi connectivity index (χ2v) is 9.32. The van der Waals surface area contributed by atoms with Crippen molar-refractivity contribution in [1.82, 2.24) is 31.2 Å². The molecule has 4 N–H and O–H groups in total. The van der Waals surface area contributed by atoms with Crippen LogP contribution in [0, 0.1) is 5.92 Å². The second kappa shape index (κ2) is 12.9. The zero-order valence-electron chi connectivity index (χ0n) is 19.3. The Balaban J connectivity index is 2.08. The van der Waals surface area contributed by atoms with E-state index in [1.165, 1.54) is 36.4 Å². The van der Waals surface area contributed by atoms with E-state index in [0.717, 1.165) is 0 Å². The van der Waals surface area contributed by atoms with Crippen molar-refractivity contribution in [3.05, 3.63) is 36.4 Å². The van der Waals surface area contributed by atoms with E-state index in [4.69, 9.17) is 0 Å². The number of hydrogen-bond acceptors (Lipinski definition) is 7. The van der Waals surface area contributed by atoms with Gasteiger partial charge in [-0.1, -0.05) is 19.9 Å². The van der Waals surface area contributed by atoms with Gasteiger partial charge < -0.3 is 21.3 Å². The molecule has 180 valence electrons. The minimum Gasteiger partial charge on any atom is -0.352 e. The Bertz CT molecular complexity index is 864. The van der Waals surface area contributed by atoms with Crippen molar-refractivity contribution in [2.24, 2.45) is 5.92 Å². The number of nitrogens with zero attached hydrogens (tertiary/aromatic N) is 2. The fourth-order valence-corrected chi connectivity index (χ4v) is 3.92. The summed E-state index contributed by atoms with van der Waals surface area (Å²) < 4.78 is 0. The van der Waals surface area contributed by atoms with Crippen LogP contribution >= 0.6 is 11.8 Å². The summed E-state index contributed by atoms with van der Waals surface area (Å²) in [4.78, 5) is 58.4. The predicted octanol–water partition coefficient (Wildman–Crippen LogP) is 0.130. The normalized spacial score (nSPS) is 22.6. The third kappa shape index (κ3) is 8.49. The Kier molecular flexibility index (Phi) is 10.3. The lowest BCUT2D eigenvalue weighted by Crippen LogP contribution is -2.57. The van der Waals surface area contributed by atoms with E-state index in [2.05, 4.69) is 31.2 Å². The van der Waals surface area contributed by atoms with Crippen LogP contribution in [0.4, 0.5) is 0 Å². The molecule has 4 atom stereocenters. The van der Waals surface area contributed by atoms with Crippen molar-refractivity contribution in [2.75, 3.05) is 18.1 Å². The maximum absolute atomic E-state index is 13.1. The molecule has 4 amide bonds. The van der Waals surface area contributed by atoms with E-state index in [1.54, 1.807) is 19.9 Å². The van der Waals surface area contributed by atoms with Gasteiger partial charge in [-0.05, 0) is 19.8 Å². The summed E-state index contributed by atoms with van der Waals surface area (Å²) in [5.74, 6) is -1.22. The predicted molar refractivity (Wildman–Crippen MR) is 126 cm³/mol. The molecule has 0 fully saturated rings. The molecule has 0 bridgehead atoms. The van der Waals surface area contributed by atoms with Crippen molar-refractivity contribution in [3.8, 4) is 0 Å². The number of aromatic nitrogens is 2. The molecule has 0 radical (unpaired) electrons. The van der Waals surface area contributed by atoms with Crippen LogP contribution in [0.25, 0.3) is 0 Å². The van der Waals surface area contributed by atoms with Gasteiger partial charge in [-0.3, -0.25) is 29.1 Å². The van der Waals surface area contributed by atoms with Gasteiger partial charge in [0.25, 0.3) is 0 Å². The quantitative estimate of drug-likeness (QED) is 0.457. The minimum atomic E-state index is -0.826. The topological polar surface area (TPSA) is 142 Å². The van der Waals surface area contributed by atoms with Gasteiger partial charge in [0.1, 0.15) is 12.1 Å². The number of thioether (sulfide) groups is 1. The second-order valence-electron chi connectivity index (χ2n) is 8.17. The fraction of sp³-hybridized carbons (Fsp3) is 0.545. The van der Waals surface area contributed by atoms with Crippen LogP contribution in [-0.4, -0.2) is 69.8 Å². The van der Waals surface area contributed by atoms with Crippen LogP contribution in [0.5, 0.6) is 0 Å². The molecule has 0 aliphatic carbocycles. The molecule has 33 heavy (non-hydrogen) atoms. The molecule has 1 aliphatic rings. The Hall–Kier alpha value is -2.95. The number of amides is 4. The molecule has 0 unspecified atom stereocenters. The summed E-state index contributed by atoms with van der Waals surface area (Å²) in [6.45, 7) is 7.53. The average Bonchev–Trinajstić information content (AvgIpc) is 2.78. The molecule has 11 heteroatoms. The van der Waals surface area contributed by atoms with Crippen LogP contribution in [0.15, 0.2) is 30.7 Å². The Morgan fingerprint density at radius 2 is 1.94 bits per heavy atom. The van der Waals surface area contributed by atoms with Gasteiger partial charge in [0, 0.05) is 48.8 Å². The lowest BCUT2D eigenvalue weighted by molar-refractivity contribution is -0.133. The summed E-state index contributed by atoms with van der Waals surface area (Å²) in [6, 6.07) is -2.00. The molecule has 2 rings (SSSR count). The van der Waals surface area contributed by atoms with Gasteiger partial charge in [0.2, 0.25) is 23.6 Å². The summed E-state index contributed by atoms with van der Waals surface area (Å²) in [6.07, 6.45) is 7.51. The Morgan fingerprint density at radius 1 is 1.18 bits per heavy atom. The lowest BCUT2D eigenvalue weighted by atomic mass is 10.0. The monoisotopic (exact) mass is 476 g/mol. The zero-order chi connectivity index (χ0) is 24.4. The number of carbonyl (C=O) groups excluding carboxylic acids is 4. The summed E-state index contributed by atoms with van der Waals surface area (Å²) in [5.41, 5.74) is 0.502. The maximum atomic E-state index is 13.1. The molecule has 0 aromatic carbocycles. The summed E-state index contributed by atoms with van der Waals surface area (Å²) >= 11 is 1.44. The van der Waals surface area contributed by atoms with Gasteiger partial charge in [-0.15, -0.1) is 0 Å². The fourth-order valence-electron chi connectivity index (χ4n) is 3.04. The molecule has 1 aliphatic heterocycles. The average molecular weight is 477 g/mol. The van der Waals surface area contributed by atoms with Crippen molar-refractivity contribution in [1.29, 1.82) is 0 Å². The number of carbonyl (C=O) groups is 4. The highest BCUT2D eigenvalue weighted by atomic mass is 32.2. The highest BCUT2D eigenvalue weighted by Gasteiger charge is 2.30. The maximum Gasteiger partial charge on any atom is 0.243 e. The van der Waals surface area contributed by atoms with Gasteiger partial charge >= 0.3 is 0 Å². The first-order valence-corrected chi connectivity index (χ1v) is 12.0. The molecule has 0 spiro atoms. The van der Waals surface area contributed by atoms with E-state index in [-0.39, 0.29) is 29.7 Å². The van der Waals surface area contributed by atoms with Crippen molar-refractivity contribution in [2.45, 2.75) is 51.7 Å².